The van der Waals surface area contributed by atoms with Crippen molar-refractivity contribution in [3.63, 3.8) is 0 Å². The van der Waals surface area contributed by atoms with Crippen molar-refractivity contribution in [3.05, 3.63) is 72.8 Å². The summed E-state index contributed by atoms with van der Waals surface area (Å²) in [4.78, 5) is 14.4. The summed E-state index contributed by atoms with van der Waals surface area (Å²) in [5.74, 6) is 0.724. The molecule has 0 atom stereocenters. The second-order valence-electron chi connectivity index (χ2n) is 8.01. The molecule has 0 unspecified atom stereocenters. The average Bonchev–Trinajstić information content (AvgIpc) is 3.37. The zero-order chi connectivity index (χ0) is 26.4. The van der Waals surface area contributed by atoms with E-state index in [0.29, 0.717) is 22.7 Å². The Morgan fingerprint density at radius 2 is 1.59 bits per heavy atom. The Labute approximate surface area is 219 Å². The molecule has 0 aliphatic rings. The molecule has 10 nitrogen and oxygen atoms in total. The van der Waals surface area contributed by atoms with Crippen LogP contribution in [0, 0.1) is 0 Å². The van der Waals surface area contributed by atoms with Crippen LogP contribution >= 0.6 is 11.8 Å². The Hall–Kier alpha value is -4.03. The number of hydrogen-bond acceptors (Lipinski definition) is 9. The van der Waals surface area contributed by atoms with Gasteiger partial charge in [0.25, 0.3) is 15.2 Å². The number of carbonyl (C=O) groups is 1. The lowest BCUT2D eigenvalue weighted by Gasteiger charge is -2.12. The Balaban J connectivity index is 1.32. The largest absolute Gasteiger partial charge is 0.497 e. The van der Waals surface area contributed by atoms with Gasteiger partial charge in [-0.15, -0.1) is 10.2 Å². The lowest BCUT2D eigenvalue weighted by atomic mass is 10.2. The van der Waals surface area contributed by atoms with E-state index in [1.54, 1.807) is 36.4 Å². The third-order valence-corrected chi connectivity index (χ3v) is 7.37. The van der Waals surface area contributed by atoms with Crippen molar-refractivity contribution in [2.24, 2.45) is 0 Å². The maximum absolute atomic E-state index is 12.6. The summed E-state index contributed by atoms with van der Waals surface area (Å²) in [5, 5.41) is 11.1. The second kappa shape index (κ2) is 11.4. The average molecular weight is 540 g/mol. The monoisotopic (exact) mass is 539 g/mol. The molecule has 0 spiro atoms. The number of carbonyl (C=O) groups excluding carboxylic acids is 1. The molecule has 0 bridgehead atoms. The highest BCUT2D eigenvalue weighted by Crippen LogP contribution is 2.26. The molecule has 4 rings (SSSR count). The molecule has 1 amide bonds. The number of anilines is 3. The normalized spacial score (nSPS) is 11.1. The molecule has 0 saturated heterocycles. The predicted molar refractivity (Wildman–Crippen MR) is 144 cm³/mol. The summed E-state index contributed by atoms with van der Waals surface area (Å²) in [6.07, 6.45) is 0. The molecule has 0 aliphatic carbocycles. The number of rotatable bonds is 10. The van der Waals surface area contributed by atoms with Crippen molar-refractivity contribution in [3.8, 4) is 17.2 Å². The minimum atomic E-state index is -3.76. The lowest BCUT2D eigenvalue weighted by Crippen LogP contribution is -2.14. The molecule has 0 saturated carbocycles. The first-order valence-electron chi connectivity index (χ1n) is 11.0. The van der Waals surface area contributed by atoms with Crippen LogP contribution in [0.25, 0.3) is 11.5 Å². The van der Waals surface area contributed by atoms with Crippen LogP contribution in [0.1, 0.15) is 0 Å². The van der Waals surface area contributed by atoms with Gasteiger partial charge in [0.2, 0.25) is 11.8 Å². The second-order valence-corrected chi connectivity index (χ2v) is 10.6. The van der Waals surface area contributed by atoms with Gasteiger partial charge in [-0.1, -0.05) is 11.8 Å². The topological polar surface area (TPSA) is 127 Å². The highest BCUT2D eigenvalue weighted by Gasteiger charge is 2.15. The third-order valence-electron chi connectivity index (χ3n) is 5.15. The van der Waals surface area contributed by atoms with Gasteiger partial charge in [0.1, 0.15) is 5.75 Å². The summed E-state index contributed by atoms with van der Waals surface area (Å²) in [5.41, 5.74) is 2.72. The van der Waals surface area contributed by atoms with Crippen LogP contribution in [-0.4, -0.2) is 51.5 Å². The number of methoxy groups -OCH3 is 1. The van der Waals surface area contributed by atoms with Crippen LogP contribution in [-0.2, 0) is 14.8 Å². The fourth-order valence-electron chi connectivity index (χ4n) is 3.20. The highest BCUT2D eigenvalue weighted by molar-refractivity contribution is 7.99. The van der Waals surface area contributed by atoms with Gasteiger partial charge in [-0.25, -0.2) is 8.42 Å². The zero-order valence-corrected chi connectivity index (χ0v) is 22.0. The molecule has 37 heavy (non-hydrogen) atoms. The summed E-state index contributed by atoms with van der Waals surface area (Å²) in [7, 11) is 1.65. The van der Waals surface area contributed by atoms with Gasteiger partial charge in [-0.05, 0) is 72.8 Å². The summed E-state index contributed by atoms with van der Waals surface area (Å²) in [6, 6.07) is 20.1. The molecule has 1 aromatic heterocycles. The number of sulfonamides is 1. The molecule has 4 aromatic rings. The van der Waals surface area contributed by atoms with E-state index >= 15 is 0 Å². The van der Waals surface area contributed by atoms with E-state index in [1.807, 2.05) is 43.3 Å². The standard InChI is InChI=1S/C25H25N5O5S2/c1-30(2)20-10-8-18(9-11-20)26-23(31)16-36-25-28-27-24(35-25)17-4-6-19(7-5-17)29-37(32,33)22-14-12-21(34-3)13-15-22/h4-15,29H,16H2,1-3H3,(H,26,31). The van der Waals surface area contributed by atoms with Gasteiger partial charge in [-0.3, -0.25) is 9.52 Å². The van der Waals surface area contributed by atoms with E-state index in [9.17, 15) is 13.2 Å². The number of amides is 1. The molecule has 192 valence electrons. The quantitative estimate of drug-likeness (QED) is 0.283. The molecule has 1 heterocycles. The molecule has 0 radical (unpaired) electrons. The Morgan fingerprint density at radius 3 is 2.22 bits per heavy atom. The molecule has 3 aromatic carbocycles. The summed E-state index contributed by atoms with van der Waals surface area (Å²) < 4.78 is 38.5. The predicted octanol–water partition coefficient (Wildman–Crippen LogP) is 4.34. The van der Waals surface area contributed by atoms with Crippen molar-refractivity contribution < 1.29 is 22.4 Å². The first-order valence-corrected chi connectivity index (χ1v) is 13.5. The van der Waals surface area contributed by atoms with E-state index in [1.165, 1.54) is 19.2 Å². The van der Waals surface area contributed by atoms with Crippen molar-refractivity contribution in [2.45, 2.75) is 10.1 Å². The van der Waals surface area contributed by atoms with Gasteiger partial charge in [0, 0.05) is 36.7 Å². The number of thioether (sulfide) groups is 1. The van der Waals surface area contributed by atoms with Crippen LogP contribution in [0.15, 0.2) is 87.3 Å². The van der Waals surface area contributed by atoms with Gasteiger partial charge < -0.3 is 19.4 Å². The molecular weight excluding hydrogens is 514 g/mol. The SMILES string of the molecule is COc1ccc(S(=O)(=O)Nc2ccc(-c3nnc(SCC(=O)Nc4ccc(N(C)C)cc4)o3)cc2)cc1. The van der Waals surface area contributed by atoms with Crippen LogP contribution in [0.5, 0.6) is 5.75 Å². The molecule has 12 heteroatoms. The smallest absolute Gasteiger partial charge is 0.277 e. The molecule has 2 N–H and O–H groups in total. The van der Waals surface area contributed by atoms with Crippen LogP contribution < -0.4 is 19.7 Å². The van der Waals surface area contributed by atoms with E-state index in [-0.39, 0.29) is 27.7 Å². The summed E-state index contributed by atoms with van der Waals surface area (Å²) >= 11 is 1.12. The fraction of sp³-hybridized carbons (Fsp3) is 0.160. The number of hydrogen-bond donors (Lipinski definition) is 2. The Morgan fingerprint density at radius 1 is 0.946 bits per heavy atom. The van der Waals surface area contributed by atoms with Crippen LogP contribution in [0.3, 0.4) is 0 Å². The van der Waals surface area contributed by atoms with Crippen molar-refractivity contribution in [1.82, 2.24) is 10.2 Å². The van der Waals surface area contributed by atoms with Crippen molar-refractivity contribution in [2.75, 3.05) is 41.9 Å². The van der Waals surface area contributed by atoms with E-state index in [0.717, 1.165) is 17.4 Å². The minimum absolute atomic E-state index is 0.100. The fourth-order valence-corrected chi connectivity index (χ4v) is 4.82. The van der Waals surface area contributed by atoms with Crippen LogP contribution in [0.4, 0.5) is 17.1 Å². The summed E-state index contributed by atoms with van der Waals surface area (Å²) in [6.45, 7) is 0. The molecule has 0 aliphatic heterocycles. The van der Waals surface area contributed by atoms with Crippen LogP contribution in [0.2, 0.25) is 0 Å². The number of nitrogens with one attached hydrogen (secondary N) is 2. The zero-order valence-electron chi connectivity index (χ0n) is 20.3. The Bertz CT molecular complexity index is 1450. The maximum atomic E-state index is 12.6. The van der Waals surface area contributed by atoms with E-state index < -0.39 is 10.0 Å². The van der Waals surface area contributed by atoms with E-state index in [4.69, 9.17) is 9.15 Å². The first-order chi connectivity index (χ1) is 17.7. The van der Waals surface area contributed by atoms with E-state index in [2.05, 4.69) is 20.2 Å². The van der Waals surface area contributed by atoms with Crippen molar-refractivity contribution in [1.29, 1.82) is 0 Å². The molecular formula is C25H25N5O5S2. The number of ether oxygens (including phenoxy) is 1. The number of benzene rings is 3. The number of nitrogens with zero attached hydrogens (tertiary/aromatic N) is 3. The minimum Gasteiger partial charge on any atom is -0.497 e. The lowest BCUT2D eigenvalue weighted by molar-refractivity contribution is -0.113. The van der Waals surface area contributed by atoms with Gasteiger partial charge >= 0.3 is 0 Å². The highest BCUT2D eigenvalue weighted by atomic mass is 32.2. The molecule has 0 fully saturated rings. The number of aromatic nitrogens is 2. The Kier molecular flexibility index (Phi) is 7.99. The maximum Gasteiger partial charge on any atom is 0.277 e. The van der Waals surface area contributed by atoms with Crippen molar-refractivity contribution >= 4 is 44.8 Å². The third kappa shape index (κ3) is 6.80. The first kappa shape index (κ1) is 26.0. The van der Waals surface area contributed by atoms with Gasteiger partial charge in [0.05, 0.1) is 17.8 Å². The van der Waals surface area contributed by atoms with Gasteiger partial charge in [-0.2, -0.15) is 0 Å². The van der Waals surface area contributed by atoms with Gasteiger partial charge in [0.15, 0.2) is 0 Å².